The molecule has 1 heterocycles. The smallest absolute Gasteiger partial charge is 0.119 e. The minimum Gasteiger partial charge on any atom is -0.497 e. The summed E-state index contributed by atoms with van der Waals surface area (Å²) in [5.41, 5.74) is 7.60. The second-order valence-corrected chi connectivity index (χ2v) is 6.93. The van der Waals surface area contributed by atoms with Crippen molar-refractivity contribution in [3.05, 3.63) is 28.2 Å². The van der Waals surface area contributed by atoms with Crippen LogP contribution in [0.1, 0.15) is 24.8 Å². The van der Waals surface area contributed by atoms with Crippen LogP contribution < -0.4 is 10.5 Å². The summed E-state index contributed by atoms with van der Waals surface area (Å²) in [6.45, 7) is 0. The lowest BCUT2D eigenvalue weighted by Crippen LogP contribution is -2.36. The van der Waals surface area contributed by atoms with Crippen molar-refractivity contribution in [1.29, 1.82) is 0 Å². The summed E-state index contributed by atoms with van der Waals surface area (Å²) in [4.78, 5) is 0. The topological polar surface area (TPSA) is 35.2 Å². The van der Waals surface area contributed by atoms with Crippen molar-refractivity contribution in [2.75, 3.05) is 12.9 Å². The lowest BCUT2D eigenvalue weighted by atomic mass is 10.00. The second kappa shape index (κ2) is 6.83. The molecule has 2 atom stereocenters. The quantitative estimate of drug-likeness (QED) is 0.916. The zero-order chi connectivity index (χ0) is 13.0. The van der Waals surface area contributed by atoms with Gasteiger partial charge in [-0.25, -0.2) is 0 Å². The Kier molecular flexibility index (Phi) is 5.39. The van der Waals surface area contributed by atoms with Gasteiger partial charge in [-0.3, -0.25) is 0 Å². The van der Waals surface area contributed by atoms with Gasteiger partial charge in [-0.05, 0) is 48.8 Å². The van der Waals surface area contributed by atoms with Crippen LogP contribution in [-0.2, 0) is 6.42 Å². The maximum atomic E-state index is 6.36. The van der Waals surface area contributed by atoms with Crippen molar-refractivity contribution < 1.29 is 4.74 Å². The first-order valence-electron chi connectivity index (χ1n) is 6.40. The fourth-order valence-electron chi connectivity index (χ4n) is 2.32. The summed E-state index contributed by atoms with van der Waals surface area (Å²) in [6, 6.07) is 6.32. The van der Waals surface area contributed by atoms with E-state index >= 15 is 0 Å². The molecule has 2 rings (SSSR count). The highest BCUT2D eigenvalue weighted by molar-refractivity contribution is 9.10. The SMILES string of the molecule is COc1ccc(Br)c(CC(N)C2CCCCS2)c1. The number of rotatable bonds is 4. The van der Waals surface area contributed by atoms with Gasteiger partial charge in [-0.15, -0.1) is 0 Å². The van der Waals surface area contributed by atoms with E-state index in [0.29, 0.717) is 5.25 Å². The van der Waals surface area contributed by atoms with E-state index in [1.807, 2.05) is 23.9 Å². The second-order valence-electron chi connectivity index (χ2n) is 4.73. The summed E-state index contributed by atoms with van der Waals surface area (Å²) in [5.74, 6) is 2.16. The molecule has 0 aliphatic carbocycles. The van der Waals surface area contributed by atoms with Crippen LogP contribution in [0.15, 0.2) is 22.7 Å². The molecule has 1 aliphatic rings. The Morgan fingerprint density at radius 3 is 3.00 bits per heavy atom. The average Bonchev–Trinajstić information content (AvgIpc) is 2.42. The number of methoxy groups -OCH3 is 1. The molecule has 1 aromatic rings. The minimum atomic E-state index is 0.235. The molecular formula is C14H20BrNOS. The summed E-state index contributed by atoms with van der Waals surface area (Å²) in [7, 11) is 1.70. The van der Waals surface area contributed by atoms with Crippen LogP contribution in [0, 0.1) is 0 Å². The molecule has 2 nitrogen and oxygen atoms in total. The normalized spacial score (nSPS) is 21.6. The Morgan fingerprint density at radius 1 is 1.50 bits per heavy atom. The van der Waals surface area contributed by atoms with E-state index in [-0.39, 0.29) is 6.04 Å². The highest BCUT2D eigenvalue weighted by Gasteiger charge is 2.22. The number of ether oxygens (including phenoxy) is 1. The summed E-state index contributed by atoms with van der Waals surface area (Å²) in [6.07, 6.45) is 4.84. The lowest BCUT2D eigenvalue weighted by molar-refractivity contribution is 0.414. The van der Waals surface area contributed by atoms with Gasteiger partial charge in [0.05, 0.1) is 7.11 Å². The number of halogens is 1. The summed E-state index contributed by atoms with van der Waals surface area (Å²) >= 11 is 5.63. The van der Waals surface area contributed by atoms with Gasteiger partial charge in [0, 0.05) is 15.8 Å². The van der Waals surface area contributed by atoms with Crippen LogP contribution in [-0.4, -0.2) is 24.2 Å². The zero-order valence-corrected chi connectivity index (χ0v) is 13.1. The van der Waals surface area contributed by atoms with E-state index < -0.39 is 0 Å². The molecule has 1 fully saturated rings. The molecule has 0 saturated carbocycles. The molecule has 0 radical (unpaired) electrons. The molecule has 0 bridgehead atoms. The monoisotopic (exact) mass is 329 g/mol. The Balaban J connectivity index is 2.03. The van der Waals surface area contributed by atoms with Gasteiger partial charge in [-0.1, -0.05) is 22.4 Å². The van der Waals surface area contributed by atoms with Gasteiger partial charge >= 0.3 is 0 Å². The first kappa shape index (κ1) is 14.2. The third-order valence-electron chi connectivity index (χ3n) is 3.40. The molecule has 1 aromatic carbocycles. The number of hydrogen-bond donors (Lipinski definition) is 1. The number of thioether (sulfide) groups is 1. The van der Waals surface area contributed by atoms with Crippen LogP contribution in [0.25, 0.3) is 0 Å². The Morgan fingerprint density at radius 2 is 2.33 bits per heavy atom. The lowest BCUT2D eigenvalue weighted by Gasteiger charge is -2.27. The molecule has 0 amide bonds. The average molecular weight is 330 g/mol. The van der Waals surface area contributed by atoms with E-state index in [2.05, 4.69) is 22.0 Å². The molecule has 0 spiro atoms. The molecule has 1 aliphatic heterocycles. The van der Waals surface area contributed by atoms with Crippen molar-refractivity contribution in [2.24, 2.45) is 5.73 Å². The van der Waals surface area contributed by atoms with E-state index in [1.165, 1.54) is 30.6 Å². The van der Waals surface area contributed by atoms with Crippen molar-refractivity contribution in [3.8, 4) is 5.75 Å². The number of hydrogen-bond acceptors (Lipinski definition) is 3. The van der Waals surface area contributed by atoms with Gasteiger partial charge in [-0.2, -0.15) is 11.8 Å². The predicted octanol–water partition coefficient (Wildman–Crippen LogP) is 3.61. The molecular weight excluding hydrogens is 310 g/mol. The van der Waals surface area contributed by atoms with Gasteiger partial charge in [0.2, 0.25) is 0 Å². The molecule has 18 heavy (non-hydrogen) atoms. The fourth-order valence-corrected chi connectivity index (χ4v) is 4.08. The first-order chi connectivity index (χ1) is 8.70. The third-order valence-corrected chi connectivity index (χ3v) is 5.71. The largest absolute Gasteiger partial charge is 0.497 e. The Hall–Kier alpha value is -0.190. The van der Waals surface area contributed by atoms with Crippen LogP contribution in [0.2, 0.25) is 0 Å². The molecule has 4 heteroatoms. The summed E-state index contributed by atoms with van der Waals surface area (Å²) in [5, 5.41) is 0.608. The van der Waals surface area contributed by atoms with E-state index in [4.69, 9.17) is 10.5 Å². The van der Waals surface area contributed by atoms with Gasteiger partial charge in [0.1, 0.15) is 5.75 Å². The van der Waals surface area contributed by atoms with Gasteiger partial charge < -0.3 is 10.5 Å². The van der Waals surface area contributed by atoms with Gasteiger partial charge in [0.25, 0.3) is 0 Å². The van der Waals surface area contributed by atoms with Crippen LogP contribution in [0.5, 0.6) is 5.75 Å². The molecule has 100 valence electrons. The zero-order valence-electron chi connectivity index (χ0n) is 10.7. The van der Waals surface area contributed by atoms with Crippen LogP contribution >= 0.6 is 27.7 Å². The van der Waals surface area contributed by atoms with Crippen LogP contribution in [0.4, 0.5) is 0 Å². The number of benzene rings is 1. The highest BCUT2D eigenvalue weighted by atomic mass is 79.9. The Bertz CT molecular complexity index is 393. The van der Waals surface area contributed by atoms with Crippen molar-refractivity contribution in [3.63, 3.8) is 0 Å². The third kappa shape index (κ3) is 3.65. The van der Waals surface area contributed by atoms with Crippen molar-refractivity contribution in [1.82, 2.24) is 0 Å². The fraction of sp³-hybridized carbons (Fsp3) is 0.571. The van der Waals surface area contributed by atoms with Crippen LogP contribution in [0.3, 0.4) is 0 Å². The van der Waals surface area contributed by atoms with E-state index in [9.17, 15) is 0 Å². The maximum absolute atomic E-state index is 6.36. The van der Waals surface area contributed by atoms with Crippen molar-refractivity contribution >= 4 is 27.7 Å². The maximum Gasteiger partial charge on any atom is 0.119 e. The molecule has 0 aromatic heterocycles. The molecule has 2 unspecified atom stereocenters. The minimum absolute atomic E-state index is 0.235. The van der Waals surface area contributed by atoms with E-state index in [0.717, 1.165) is 16.6 Å². The van der Waals surface area contributed by atoms with Gasteiger partial charge in [0.15, 0.2) is 0 Å². The predicted molar refractivity (Wildman–Crippen MR) is 82.5 cm³/mol. The van der Waals surface area contributed by atoms with Crippen molar-refractivity contribution in [2.45, 2.75) is 37.0 Å². The molecule has 2 N–H and O–H groups in total. The standard InChI is InChI=1S/C14H20BrNOS/c1-17-11-5-6-12(15)10(8-11)9-13(16)14-4-2-3-7-18-14/h5-6,8,13-14H,2-4,7,9,16H2,1H3. The Labute approximate surface area is 122 Å². The first-order valence-corrected chi connectivity index (χ1v) is 8.24. The van der Waals surface area contributed by atoms with E-state index in [1.54, 1.807) is 7.11 Å². The summed E-state index contributed by atoms with van der Waals surface area (Å²) < 4.78 is 6.39. The number of nitrogens with two attached hydrogens (primary N) is 1. The highest BCUT2D eigenvalue weighted by Crippen LogP contribution is 2.30. The molecule has 1 saturated heterocycles.